The van der Waals surface area contributed by atoms with Gasteiger partial charge in [0.05, 0.1) is 0 Å². The van der Waals surface area contributed by atoms with Crippen LogP contribution in [0.15, 0.2) is 17.2 Å². The summed E-state index contributed by atoms with van der Waals surface area (Å²) in [5.74, 6) is -0.730. The minimum absolute atomic E-state index is 0.0103. The first-order valence-corrected chi connectivity index (χ1v) is 8.18. The van der Waals surface area contributed by atoms with Crippen LogP contribution < -0.4 is 4.72 Å². The quantitative estimate of drug-likeness (QED) is 0.839. The molecule has 1 aromatic heterocycles. The second-order valence-corrected chi connectivity index (χ2v) is 7.33. The summed E-state index contributed by atoms with van der Waals surface area (Å²) < 4.78 is 28.6. The van der Waals surface area contributed by atoms with Gasteiger partial charge in [-0.1, -0.05) is 0 Å². The minimum atomic E-state index is -3.67. The molecule has 112 valence electrons. The normalized spacial score (nSPS) is 17.4. The SMILES string of the molecule is CC(NS(=O)(=O)c1cc(C(=O)O)n(C(C)C)c1)C1CC1. The largest absolute Gasteiger partial charge is 0.477 e. The number of rotatable bonds is 6. The van der Waals surface area contributed by atoms with E-state index < -0.39 is 16.0 Å². The lowest BCUT2D eigenvalue weighted by atomic mass is 10.2. The van der Waals surface area contributed by atoms with Gasteiger partial charge in [0, 0.05) is 18.3 Å². The average Bonchev–Trinajstić information content (AvgIpc) is 3.05. The van der Waals surface area contributed by atoms with Gasteiger partial charge in [0.1, 0.15) is 10.6 Å². The summed E-state index contributed by atoms with van der Waals surface area (Å²) in [7, 11) is -3.67. The zero-order valence-corrected chi connectivity index (χ0v) is 12.6. The van der Waals surface area contributed by atoms with E-state index in [-0.39, 0.29) is 22.7 Å². The van der Waals surface area contributed by atoms with Crippen LogP contribution in [0.2, 0.25) is 0 Å². The Labute approximate surface area is 118 Å². The van der Waals surface area contributed by atoms with Crippen molar-refractivity contribution in [1.29, 1.82) is 0 Å². The lowest BCUT2D eigenvalue weighted by Crippen LogP contribution is -2.33. The minimum Gasteiger partial charge on any atom is -0.477 e. The Morgan fingerprint density at radius 1 is 1.40 bits per heavy atom. The number of carbonyl (C=O) groups is 1. The number of carboxylic acids is 1. The van der Waals surface area contributed by atoms with Crippen molar-refractivity contribution in [2.45, 2.75) is 50.6 Å². The predicted octanol–water partition coefficient (Wildman–Crippen LogP) is 1.84. The van der Waals surface area contributed by atoms with Crippen molar-refractivity contribution in [1.82, 2.24) is 9.29 Å². The van der Waals surface area contributed by atoms with E-state index in [0.717, 1.165) is 12.8 Å². The fourth-order valence-electron chi connectivity index (χ4n) is 2.20. The van der Waals surface area contributed by atoms with E-state index in [1.807, 2.05) is 20.8 Å². The second-order valence-electron chi connectivity index (χ2n) is 5.61. The molecular weight excluding hydrogens is 280 g/mol. The second kappa shape index (κ2) is 5.21. The summed E-state index contributed by atoms with van der Waals surface area (Å²) in [6, 6.07) is 0.978. The topological polar surface area (TPSA) is 88.4 Å². The first-order valence-electron chi connectivity index (χ1n) is 6.70. The highest BCUT2D eigenvalue weighted by Crippen LogP contribution is 2.33. The van der Waals surface area contributed by atoms with Crippen LogP contribution in [0.1, 0.15) is 50.1 Å². The molecular formula is C13H20N2O4S. The van der Waals surface area contributed by atoms with Crippen molar-refractivity contribution in [2.75, 3.05) is 0 Å². The molecule has 2 rings (SSSR count). The van der Waals surface area contributed by atoms with Gasteiger partial charge in [-0.2, -0.15) is 0 Å². The van der Waals surface area contributed by atoms with Crippen molar-refractivity contribution >= 4 is 16.0 Å². The van der Waals surface area contributed by atoms with Crippen molar-refractivity contribution < 1.29 is 18.3 Å². The summed E-state index contributed by atoms with van der Waals surface area (Å²) in [6.07, 6.45) is 3.46. The number of aromatic carboxylic acids is 1. The van der Waals surface area contributed by atoms with Crippen molar-refractivity contribution in [3.8, 4) is 0 Å². The molecule has 1 aliphatic carbocycles. The van der Waals surface area contributed by atoms with Crippen molar-refractivity contribution in [3.63, 3.8) is 0 Å². The molecule has 0 amide bonds. The molecule has 1 fully saturated rings. The van der Waals surface area contributed by atoms with Crippen LogP contribution in [-0.2, 0) is 10.0 Å². The number of sulfonamides is 1. The monoisotopic (exact) mass is 300 g/mol. The molecule has 1 unspecified atom stereocenters. The molecule has 1 saturated carbocycles. The summed E-state index contributed by atoms with van der Waals surface area (Å²) in [6.45, 7) is 5.46. The van der Waals surface area contributed by atoms with Crippen LogP contribution >= 0.6 is 0 Å². The Bertz CT molecular complexity index is 614. The molecule has 7 heteroatoms. The van der Waals surface area contributed by atoms with Crippen LogP contribution in [0.3, 0.4) is 0 Å². The molecule has 0 aliphatic heterocycles. The Hall–Kier alpha value is -1.34. The van der Waals surface area contributed by atoms with E-state index in [4.69, 9.17) is 5.11 Å². The van der Waals surface area contributed by atoms with E-state index >= 15 is 0 Å². The van der Waals surface area contributed by atoms with E-state index in [9.17, 15) is 13.2 Å². The molecule has 1 atom stereocenters. The summed E-state index contributed by atoms with van der Waals surface area (Å²) in [4.78, 5) is 11.2. The fraction of sp³-hybridized carbons (Fsp3) is 0.615. The molecule has 0 aromatic carbocycles. The molecule has 2 N–H and O–H groups in total. The molecule has 0 spiro atoms. The zero-order chi connectivity index (χ0) is 15.1. The van der Waals surface area contributed by atoms with Gasteiger partial charge in [0.2, 0.25) is 10.0 Å². The van der Waals surface area contributed by atoms with E-state index in [0.29, 0.717) is 5.92 Å². The highest BCUT2D eigenvalue weighted by atomic mass is 32.2. The molecule has 1 aromatic rings. The van der Waals surface area contributed by atoms with E-state index in [2.05, 4.69) is 4.72 Å². The summed E-state index contributed by atoms with van der Waals surface area (Å²) in [5.41, 5.74) is -0.0144. The van der Waals surface area contributed by atoms with Gasteiger partial charge in [-0.05, 0) is 45.6 Å². The molecule has 6 nitrogen and oxygen atoms in total. The van der Waals surface area contributed by atoms with Crippen LogP contribution in [0.4, 0.5) is 0 Å². The van der Waals surface area contributed by atoms with E-state index in [1.54, 1.807) is 0 Å². The maximum atomic E-state index is 12.3. The lowest BCUT2D eigenvalue weighted by Gasteiger charge is -2.12. The Kier molecular flexibility index (Phi) is 3.93. The number of aromatic nitrogens is 1. The highest BCUT2D eigenvalue weighted by Gasteiger charge is 2.32. The van der Waals surface area contributed by atoms with E-state index in [1.165, 1.54) is 16.8 Å². The molecule has 1 aliphatic rings. The van der Waals surface area contributed by atoms with Crippen LogP contribution in [0, 0.1) is 5.92 Å². The molecule has 0 radical (unpaired) electrons. The van der Waals surface area contributed by atoms with Crippen molar-refractivity contribution in [2.24, 2.45) is 5.92 Å². The Morgan fingerprint density at radius 3 is 2.40 bits per heavy atom. The van der Waals surface area contributed by atoms with Crippen molar-refractivity contribution in [3.05, 3.63) is 18.0 Å². The predicted molar refractivity (Wildman–Crippen MR) is 74.3 cm³/mol. The third-order valence-corrected chi connectivity index (χ3v) is 5.11. The molecule has 1 heterocycles. The Balaban J connectivity index is 2.31. The maximum Gasteiger partial charge on any atom is 0.352 e. The van der Waals surface area contributed by atoms with Gasteiger partial charge in [-0.15, -0.1) is 0 Å². The molecule has 0 bridgehead atoms. The number of nitrogens with zero attached hydrogens (tertiary/aromatic N) is 1. The maximum absolute atomic E-state index is 12.3. The number of carboxylic acid groups (broad SMARTS) is 1. The smallest absolute Gasteiger partial charge is 0.352 e. The standard InChI is InChI=1S/C13H20N2O4S/c1-8(2)15-7-11(6-12(15)13(16)17)20(18,19)14-9(3)10-4-5-10/h6-10,14H,4-5H2,1-3H3,(H,16,17). The van der Waals surface area contributed by atoms with Gasteiger partial charge in [-0.3, -0.25) is 0 Å². The molecule has 20 heavy (non-hydrogen) atoms. The number of nitrogens with one attached hydrogen (secondary N) is 1. The average molecular weight is 300 g/mol. The Morgan fingerprint density at radius 2 is 2.00 bits per heavy atom. The van der Waals surface area contributed by atoms with Crippen LogP contribution in [0.5, 0.6) is 0 Å². The van der Waals surface area contributed by atoms with Crippen LogP contribution in [0.25, 0.3) is 0 Å². The van der Waals surface area contributed by atoms with Gasteiger partial charge < -0.3 is 9.67 Å². The third kappa shape index (κ3) is 3.04. The van der Waals surface area contributed by atoms with Crippen LogP contribution in [-0.4, -0.2) is 30.1 Å². The highest BCUT2D eigenvalue weighted by molar-refractivity contribution is 7.89. The fourth-order valence-corrected chi connectivity index (χ4v) is 3.54. The number of hydrogen-bond donors (Lipinski definition) is 2. The zero-order valence-electron chi connectivity index (χ0n) is 11.8. The summed E-state index contributed by atoms with van der Waals surface area (Å²) in [5, 5.41) is 9.14. The van der Waals surface area contributed by atoms with Gasteiger partial charge >= 0.3 is 5.97 Å². The lowest BCUT2D eigenvalue weighted by molar-refractivity contribution is 0.0683. The van der Waals surface area contributed by atoms with Gasteiger partial charge in [0.15, 0.2) is 0 Å². The third-order valence-electron chi connectivity index (χ3n) is 3.58. The van der Waals surface area contributed by atoms with Gasteiger partial charge in [0.25, 0.3) is 0 Å². The molecule has 0 saturated heterocycles. The first-order chi connectivity index (χ1) is 9.22. The van der Waals surface area contributed by atoms with Gasteiger partial charge in [-0.25, -0.2) is 17.9 Å². The number of hydrogen-bond acceptors (Lipinski definition) is 3. The summed E-state index contributed by atoms with van der Waals surface area (Å²) >= 11 is 0. The first kappa shape index (κ1) is 15.1.